The van der Waals surface area contributed by atoms with E-state index in [4.69, 9.17) is 6.42 Å². The van der Waals surface area contributed by atoms with Crippen molar-refractivity contribution in [2.75, 3.05) is 6.54 Å². The van der Waals surface area contributed by atoms with Crippen LogP contribution in [0.2, 0.25) is 0 Å². The Morgan fingerprint density at radius 1 is 1.39 bits per heavy atom. The summed E-state index contributed by atoms with van der Waals surface area (Å²) in [6, 6.07) is 0.548. The second-order valence-corrected chi connectivity index (χ2v) is 5.69. The van der Waals surface area contributed by atoms with Crippen molar-refractivity contribution in [1.82, 2.24) is 4.90 Å². The van der Waals surface area contributed by atoms with Crippen LogP contribution in [0.25, 0.3) is 0 Å². The van der Waals surface area contributed by atoms with E-state index in [0.717, 1.165) is 25.3 Å². The summed E-state index contributed by atoms with van der Waals surface area (Å²) >= 11 is 0. The average molecular weight is 245 g/mol. The van der Waals surface area contributed by atoms with Crippen LogP contribution >= 0.6 is 0 Å². The Kier molecular flexibility index (Phi) is 2.85. The fourth-order valence-corrected chi connectivity index (χ4v) is 3.30. The molecule has 18 heavy (non-hydrogen) atoms. The van der Waals surface area contributed by atoms with Gasteiger partial charge in [-0.05, 0) is 18.8 Å². The van der Waals surface area contributed by atoms with Crippen LogP contribution in [0.15, 0.2) is 10.2 Å². The van der Waals surface area contributed by atoms with Gasteiger partial charge in [0.15, 0.2) is 5.66 Å². The number of rotatable bonds is 5. The van der Waals surface area contributed by atoms with E-state index in [2.05, 4.69) is 21.0 Å². The molecule has 3 aliphatic rings. The number of hydrogen-bond acceptors (Lipinski definition) is 3. The summed E-state index contributed by atoms with van der Waals surface area (Å²) in [5.74, 6) is 3.69. The smallest absolute Gasteiger partial charge is 0.223 e. The van der Waals surface area contributed by atoms with Crippen LogP contribution in [0.1, 0.15) is 44.9 Å². The average Bonchev–Trinajstić information content (AvgIpc) is 3.04. The molecule has 2 aliphatic heterocycles. The van der Waals surface area contributed by atoms with Gasteiger partial charge >= 0.3 is 0 Å². The van der Waals surface area contributed by atoms with Crippen molar-refractivity contribution < 1.29 is 4.79 Å². The molecule has 0 radical (unpaired) electrons. The molecule has 0 N–H and O–H groups in total. The molecule has 96 valence electrons. The molecule has 1 amide bonds. The Bertz CT molecular complexity index is 417. The first kappa shape index (κ1) is 11.7. The lowest BCUT2D eigenvalue weighted by Crippen LogP contribution is -2.56. The van der Waals surface area contributed by atoms with E-state index in [0.29, 0.717) is 18.9 Å². The van der Waals surface area contributed by atoms with Crippen LogP contribution in [-0.2, 0) is 4.79 Å². The molecule has 4 heteroatoms. The van der Waals surface area contributed by atoms with E-state index < -0.39 is 0 Å². The molecule has 4 nitrogen and oxygen atoms in total. The zero-order valence-electron chi connectivity index (χ0n) is 10.6. The van der Waals surface area contributed by atoms with E-state index >= 15 is 0 Å². The summed E-state index contributed by atoms with van der Waals surface area (Å²) < 4.78 is 0. The summed E-state index contributed by atoms with van der Waals surface area (Å²) in [6.07, 6.45) is 11.8. The van der Waals surface area contributed by atoms with E-state index in [-0.39, 0.29) is 11.6 Å². The first-order valence-electron chi connectivity index (χ1n) is 6.91. The molecule has 0 aromatic carbocycles. The number of hydrogen-bond donors (Lipinski definition) is 0. The molecular weight excluding hydrogens is 226 g/mol. The van der Waals surface area contributed by atoms with Crippen LogP contribution in [0.4, 0.5) is 0 Å². The van der Waals surface area contributed by atoms with Gasteiger partial charge in [0.2, 0.25) is 5.91 Å². The predicted octanol–water partition coefficient (Wildman–Crippen LogP) is 2.35. The number of fused-ring (bicyclic) bond motifs is 1. The lowest BCUT2D eigenvalue weighted by Gasteiger charge is -2.44. The summed E-state index contributed by atoms with van der Waals surface area (Å²) in [5, 5.41) is 8.14. The van der Waals surface area contributed by atoms with Crippen LogP contribution in [0, 0.1) is 18.3 Å². The van der Waals surface area contributed by atoms with Gasteiger partial charge in [-0.1, -0.05) is 6.42 Å². The summed E-state index contributed by atoms with van der Waals surface area (Å²) in [6.45, 7) is 0.981. The molecular formula is C14H19N3O. The van der Waals surface area contributed by atoms with Crippen LogP contribution < -0.4 is 0 Å². The Hall–Kier alpha value is -1.37. The van der Waals surface area contributed by atoms with Crippen LogP contribution in [0.3, 0.4) is 0 Å². The highest BCUT2D eigenvalue weighted by Crippen LogP contribution is 2.41. The Morgan fingerprint density at radius 3 is 2.89 bits per heavy atom. The zero-order chi connectivity index (χ0) is 12.6. The molecule has 0 aromatic rings. The predicted molar refractivity (Wildman–Crippen MR) is 67.7 cm³/mol. The van der Waals surface area contributed by atoms with E-state index in [1.54, 1.807) is 0 Å². The van der Waals surface area contributed by atoms with E-state index in [1.807, 2.05) is 0 Å². The summed E-state index contributed by atoms with van der Waals surface area (Å²) in [5.41, 5.74) is -0.304. The largest absolute Gasteiger partial charge is 0.339 e. The molecule has 0 spiro atoms. The molecule has 0 aromatic heterocycles. The van der Waals surface area contributed by atoms with Gasteiger partial charge in [0.25, 0.3) is 0 Å². The van der Waals surface area contributed by atoms with Crippen molar-refractivity contribution in [3.8, 4) is 12.3 Å². The molecule has 2 fully saturated rings. The number of carbonyl (C=O) groups is 1. The zero-order valence-corrected chi connectivity index (χ0v) is 10.6. The van der Waals surface area contributed by atoms with Gasteiger partial charge < -0.3 is 4.90 Å². The van der Waals surface area contributed by atoms with Crippen molar-refractivity contribution in [3.05, 3.63) is 0 Å². The highest BCUT2D eigenvalue weighted by atomic mass is 16.2. The molecule has 0 bridgehead atoms. The maximum atomic E-state index is 12.1. The second kappa shape index (κ2) is 4.38. The van der Waals surface area contributed by atoms with Gasteiger partial charge in [0.1, 0.15) is 0 Å². The maximum absolute atomic E-state index is 12.1. The first-order chi connectivity index (χ1) is 8.74. The highest BCUT2D eigenvalue weighted by Gasteiger charge is 2.45. The van der Waals surface area contributed by atoms with Crippen LogP contribution in [0.5, 0.6) is 0 Å². The normalized spacial score (nSPS) is 30.5. The van der Waals surface area contributed by atoms with Gasteiger partial charge in [-0.3, -0.25) is 4.79 Å². The van der Waals surface area contributed by atoms with Crippen molar-refractivity contribution >= 4 is 5.91 Å². The molecule has 2 heterocycles. The molecule has 1 saturated carbocycles. The van der Waals surface area contributed by atoms with Crippen molar-refractivity contribution in [2.45, 2.75) is 56.7 Å². The minimum Gasteiger partial charge on any atom is -0.339 e. The lowest BCUT2D eigenvalue weighted by molar-refractivity contribution is -0.142. The number of likely N-dealkylation sites (tertiary alicyclic amines) is 1. The Balaban J connectivity index is 1.44. The van der Waals surface area contributed by atoms with E-state index in [9.17, 15) is 4.79 Å². The number of terminal acetylenes is 1. The van der Waals surface area contributed by atoms with Crippen molar-refractivity contribution in [3.63, 3.8) is 0 Å². The topological polar surface area (TPSA) is 45.0 Å². The highest BCUT2D eigenvalue weighted by molar-refractivity contribution is 5.77. The third-order valence-corrected chi connectivity index (χ3v) is 4.56. The molecule has 3 rings (SSSR count). The molecule has 2 atom stereocenters. The minimum absolute atomic E-state index is 0.288. The summed E-state index contributed by atoms with van der Waals surface area (Å²) in [7, 11) is 0. The third kappa shape index (κ3) is 2.03. The number of amides is 1. The Labute approximate surface area is 108 Å². The van der Waals surface area contributed by atoms with Crippen molar-refractivity contribution in [1.29, 1.82) is 0 Å². The summed E-state index contributed by atoms with van der Waals surface area (Å²) in [4.78, 5) is 14.2. The van der Waals surface area contributed by atoms with Crippen LogP contribution in [-0.4, -0.2) is 29.1 Å². The lowest BCUT2D eigenvalue weighted by atomic mass is 9.91. The van der Waals surface area contributed by atoms with Crippen molar-refractivity contribution in [2.24, 2.45) is 16.1 Å². The quantitative estimate of drug-likeness (QED) is 0.686. The van der Waals surface area contributed by atoms with Gasteiger partial charge in [0, 0.05) is 38.3 Å². The monoisotopic (exact) mass is 245 g/mol. The van der Waals surface area contributed by atoms with Gasteiger partial charge in [-0.15, -0.1) is 12.3 Å². The first-order valence-corrected chi connectivity index (χ1v) is 6.91. The second-order valence-electron chi connectivity index (χ2n) is 5.69. The SMILES string of the molecule is C#CCCC1(CCC(=O)N2CC3CCCC32)N=N1. The maximum Gasteiger partial charge on any atom is 0.223 e. The van der Waals surface area contributed by atoms with E-state index in [1.165, 1.54) is 19.3 Å². The minimum atomic E-state index is -0.304. The fourth-order valence-electron chi connectivity index (χ4n) is 3.30. The standard InChI is InChI=1S/C14H19N3O/c1-2-3-8-14(15-16-14)9-7-13(18)17-10-11-5-4-6-12(11)17/h1,11-12H,3-10H2. The number of carbonyl (C=O) groups excluding carboxylic acids is 1. The fraction of sp³-hybridized carbons (Fsp3) is 0.786. The van der Waals surface area contributed by atoms with Gasteiger partial charge in [-0.2, -0.15) is 10.2 Å². The van der Waals surface area contributed by atoms with Gasteiger partial charge in [-0.25, -0.2) is 0 Å². The molecule has 1 saturated heterocycles. The Morgan fingerprint density at radius 2 is 2.22 bits per heavy atom. The number of nitrogens with zero attached hydrogens (tertiary/aromatic N) is 3. The molecule has 2 unspecified atom stereocenters. The van der Waals surface area contributed by atoms with Gasteiger partial charge in [0.05, 0.1) is 0 Å². The molecule has 1 aliphatic carbocycles. The third-order valence-electron chi connectivity index (χ3n) is 4.56.